The summed E-state index contributed by atoms with van der Waals surface area (Å²) < 4.78 is 5.55. The van der Waals surface area contributed by atoms with Gasteiger partial charge in [0.05, 0.1) is 12.3 Å². The molecule has 3 rings (SSSR count). The molecule has 1 N–H and O–H groups in total. The molecule has 1 saturated heterocycles. The molecule has 0 aliphatic carbocycles. The van der Waals surface area contributed by atoms with Gasteiger partial charge in [0, 0.05) is 19.2 Å². The van der Waals surface area contributed by atoms with Crippen molar-refractivity contribution in [2.75, 3.05) is 29.9 Å². The van der Waals surface area contributed by atoms with Crippen LogP contribution in [0.2, 0.25) is 0 Å². The molecule has 25 heavy (non-hydrogen) atoms. The lowest BCUT2D eigenvalue weighted by molar-refractivity contribution is 0.102. The van der Waals surface area contributed by atoms with Crippen molar-refractivity contribution >= 4 is 17.4 Å². The molecule has 1 fully saturated rings. The smallest absolute Gasteiger partial charge is 0.274 e. The normalized spacial score (nSPS) is 15.0. The number of amides is 1. The van der Waals surface area contributed by atoms with Gasteiger partial charge >= 0.3 is 0 Å². The molecule has 2 heterocycles. The van der Waals surface area contributed by atoms with Crippen molar-refractivity contribution < 1.29 is 9.53 Å². The van der Waals surface area contributed by atoms with Crippen molar-refractivity contribution in [1.82, 2.24) is 9.97 Å². The number of carbonyl (C=O) groups is 1. The maximum Gasteiger partial charge on any atom is 0.274 e. The topological polar surface area (TPSA) is 67.3 Å². The molecule has 0 unspecified atom stereocenters. The van der Waals surface area contributed by atoms with Crippen molar-refractivity contribution in [1.29, 1.82) is 0 Å². The number of aromatic nitrogens is 2. The Labute approximate surface area is 148 Å². The van der Waals surface area contributed by atoms with Gasteiger partial charge < -0.3 is 15.0 Å². The number of piperidine rings is 1. The fraction of sp³-hybridized carbons (Fsp3) is 0.421. The first-order valence-electron chi connectivity index (χ1n) is 8.77. The molecule has 0 atom stereocenters. The summed E-state index contributed by atoms with van der Waals surface area (Å²) in [4.78, 5) is 23.3. The van der Waals surface area contributed by atoms with Crippen LogP contribution in [0.3, 0.4) is 0 Å². The average molecular weight is 340 g/mol. The lowest BCUT2D eigenvalue weighted by Crippen LogP contribution is -2.33. The second-order valence-electron chi connectivity index (χ2n) is 6.31. The third kappa shape index (κ3) is 4.26. The van der Waals surface area contributed by atoms with Gasteiger partial charge in [0.1, 0.15) is 23.6 Å². The Morgan fingerprint density at radius 1 is 1.28 bits per heavy atom. The Morgan fingerprint density at radius 3 is 2.80 bits per heavy atom. The Bertz CT molecular complexity index is 727. The number of hydrogen-bond acceptors (Lipinski definition) is 5. The van der Waals surface area contributed by atoms with Gasteiger partial charge in [-0.2, -0.15) is 0 Å². The van der Waals surface area contributed by atoms with Gasteiger partial charge in [-0.3, -0.25) is 4.79 Å². The lowest BCUT2D eigenvalue weighted by Gasteiger charge is -2.31. The van der Waals surface area contributed by atoms with E-state index in [2.05, 4.69) is 27.1 Å². The van der Waals surface area contributed by atoms with E-state index >= 15 is 0 Å². The molecule has 0 radical (unpaired) electrons. The number of para-hydroxylation sites is 2. The van der Waals surface area contributed by atoms with Gasteiger partial charge in [-0.05, 0) is 37.8 Å². The first-order valence-corrected chi connectivity index (χ1v) is 8.77. The highest BCUT2D eigenvalue weighted by molar-refractivity contribution is 6.04. The molecular weight excluding hydrogens is 316 g/mol. The number of rotatable bonds is 5. The molecule has 0 saturated carbocycles. The van der Waals surface area contributed by atoms with Gasteiger partial charge in [-0.15, -0.1) is 0 Å². The summed E-state index contributed by atoms with van der Waals surface area (Å²) in [5, 5.41) is 2.88. The van der Waals surface area contributed by atoms with E-state index in [4.69, 9.17) is 4.74 Å². The fourth-order valence-corrected chi connectivity index (χ4v) is 2.92. The Kier molecular flexibility index (Phi) is 5.48. The van der Waals surface area contributed by atoms with E-state index in [1.165, 1.54) is 6.33 Å². The monoisotopic (exact) mass is 340 g/mol. The molecule has 1 aromatic heterocycles. The van der Waals surface area contributed by atoms with Gasteiger partial charge in [-0.1, -0.05) is 19.1 Å². The van der Waals surface area contributed by atoms with E-state index < -0.39 is 0 Å². The zero-order chi connectivity index (χ0) is 17.6. The molecule has 1 aromatic carbocycles. The highest BCUT2D eigenvalue weighted by atomic mass is 16.5. The molecule has 132 valence electrons. The second-order valence-corrected chi connectivity index (χ2v) is 6.31. The molecule has 6 nitrogen and oxygen atoms in total. The van der Waals surface area contributed by atoms with Crippen LogP contribution in [0.15, 0.2) is 36.7 Å². The van der Waals surface area contributed by atoms with Crippen molar-refractivity contribution in [3.8, 4) is 5.75 Å². The van der Waals surface area contributed by atoms with E-state index in [0.29, 0.717) is 23.7 Å². The third-order valence-electron chi connectivity index (χ3n) is 4.43. The summed E-state index contributed by atoms with van der Waals surface area (Å²) in [6.07, 6.45) is 3.75. The van der Waals surface area contributed by atoms with Crippen LogP contribution in [0, 0.1) is 5.92 Å². The predicted octanol–water partition coefficient (Wildman–Crippen LogP) is 3.36. The van der Waals surface area contributed by atoms with Crippen LogP contribution in [0.25, 0.3) is 0 Å². The van der Waals surface area contributed by atoms with Crippen molar-refractivity contribution in [2.45, 2.75) is 26.7 Å². The van der Waals surface area contributed by atoms with E-state index in [1.807, 2.05) is 31.2 Å². The van der Waals surface area contributed by atoms with Crippen LogP contribution in [-0.2, 0) is 0 Å². The summed E-state index contributed by atoms with van der Waals surface area (Å²) >= 11 is 0. The van der Waals surface area contributed by atoms with Crippen LogP contribution in [0.1, 0.15) is 37.2 Å². The summed E-state index contributed by atoms with van der Waals surface area (Å²) in [6, 6.07) is 9.14. The third-order valence-corrected chi connectivity index (χ3v) is 4.43. The van der Waals surface area contributed by atoms with E-state index in [9.17, 15) is 4.79 Å². The highest BCUT2D eigenvalue weighted by Crippen LogP contribution is 2.25. The standard InChI is InChI=1S/C19H24N4O2/c1-3-25-17-7-5-4-6-15(17)22-19(24)16-12-18(21-13-20-16)23-10-8-14(2)9-11-23/h4-7,12-14H,3,8-11H2,1-2H3,(H,22,24). The minimum atomic E-state index is -0.263. The number of nitrogens with one attached hydrogen (secondary N) is 1. The van der Waals surface area contributed by atoms with Crippen LogP contribution in [-0.4, -0.2) is 35.6 Å². The average Bonchev–Trinajstić information content (AvgIpc) is 2.64. The number of benzene rings is 1. The van der Waals surface area contributed by atoms with Crippen LogP contribution >= 0.6 is 0 Å². The number of hydrogen-bond donors (Lipinski definition) is 1. The minimum Gasteiger partial charge on any atom is -0.492 e. The van der Waals surface area contributed by atoms with Crippen LogP contribution in [0.5, 0.6) is 5.75 Å². The van der Waals surface area contributed by atoms with Crippen molar-refractivity contribution in [2.24, 2.45) is 5.92 Å². The molecule has 0 spiro atoms. The van der Waals surface area contributed by atoms with Gasteiger partial charge in [0.15, 0.2) is 0 Å². The Morgan fingerprint density at radius 2 is 2.04 bits per heavy atom. The Balaban J connectivity index is 1.74. The van der Waals surface area contributed by atoms with Crippen LogP contribution in [0.4, 0.5) is 11.5 Å². The minimum absolute atomic E-state index is 0.263. The fourth-order valence-electron chi connectivity index (χ4n) is 2.92. The molecule has 0 bridgehead atoms. The molecule has 1 amide bonds. The summed E-state index contributed by atoms with van der Waals surface area (Å²) in [7, 11) is 0. The van der Waals surface area contributed by atoms with Gasteiger partial charge in [-0.25, -0.2) is 9.97 Å². The van der Waals surface area contributed by atoms with Crippen LogP contribution < -0.4 is 15.0 Å². The van der Waals surface area contributed by atoms with E-state index in [-0.39, 0.29) is 5.91 Å². The van der Waals surface area contributed by atoms with Crippen molar-refractivity contribution in [3.63, 3.8) is 0 Å². The molecule has 1 aliphatic rings. The summed E-state index contributed by atoms with van der Waals surface area (Å²) in [5.41, 5.74) is 0.997. The number of carbonyl (C=O) groups excluding carboxylic acids is 1. The lowest BCUT2D eigenvalue weighted by atomic mass is 9.99. The molecular formula is C19H24N4O2. The quantitative estimate of drug-likeness (QED) is 0.904. The zero-order valence-corrected chi connectivity index (χ0v) is 14.7. The second kappa shape index (κ2) is 7.96. The molecule has 6 heteroatoms. The largest absolute Gasteiger partial charge is 0.492 e. The highest BCUT2D eigenvalue weighted by Gasteiger charge is 2.19. The number of ether oxygens (including phenoxy) is 1. The molecule has 2 aromatic rings. The van der Waals surface area contributed by atoms with Gasteiger partial charge in [0.2, 0.25) is 0 Å². The van der Waals surface area contributed by atoms with Gasteiger partial charge in [0.25, 0.3) is 5.91 Å². The first-order chi connectivity index (χ1) is 12.2. The maximum atomic E-state index is 12.6. The predicted molar refractivity (Wildman–Crippen MR) is 98.2 cm³/mol. The van der Waals surface area contributed by atoms with E-state index in [0.717, 1.165) is 37.7 Å². The first kappa shape index (κ1) is 17.2. The SMILES string of the molecule is CCOc1ccccc1NC(=O)c1cc(N2CCC(C)CC2)ncn1. The number of anilines is 2. The summed E-state index contributed by atoms with van der Waals surface area (Å²) in [6.45, 7) is 6.65. The van der Waals surface area contributed by atoms with E-state index in [1.54, 1.807) is 6.07 Å². The van der Waals surface area contributed by atoms with Crippen molar-refractivity contribution in [3.05, 3.63) is 42.4 Å². The molecule has 1 aliphatic heterocycles. The number of nitrogens with zero attached hydrogens (tertiary/aromatic N) is 3. The maximum absolute atomic E-state index is 12.6. The summed E-state index contributed by atoms with van der Waals surface area (Å²) in [5.74, 6) is 1.94. The Hall–Kier alpha value is -2.63. The zero-order valence-electron chi connectivity index (χ0n) is 14.7.